The predicted octanol–water partition coefficient (Wildman–Crippen LogP) is 2.45. The number of amides is 2. The molecular weight excluding hydrogens is 374 g/mol. The van der Waals surface area contributed by atoms with E-state index in [-0.39, 0.29) is 17.7 Å². The van der Waals surface area contributed by atoms with Crippen molar-refractivity contribution >= 4 is 28.8 Å². The topological polar surface area (TPSA) is 53.1 Å². The summed E-state index contributed by atoms with van der Waals surface area (Å²) in [7, 11) is 1.62. The Hall–Kier alpha value is -2.38. The fraction of sp³-hybridized carbons (Fsp3) is 0.429. The molecule has 0 radical (unpaired) electrons. The summed E-state index contributed by atoms with van der Waals surface area (Å²) in [5.74, 6) is 0.625. The van der Waals surface area contributed by atoms with Gasteiger partial charge in [0.1, 0.15) is 5.75 Å². The summed E-state index contributed by atoms with van der Waals surface area (Å²) in [5, 5.41) is 4.27. The van der Waals surface area contributed by atoms with Gasteiger partial charge in [0, 0.05) is 51.4 Å². The fourth-order valence-electron chi connectivity index (χ4n) is 3.91. The maximum Gasteiger partial charge on any atom is 0.228 e. The molecule has 1 aromatic carbocycles. The number of rotatable bonds is 5. The highest BCUT2D eigenvalue weighted by Gasteiger charge is 2.37. The number of hydrogen-bond donors (Lipinski definition) is 0. The molecule has 0 bridgehead atoms. The second-order valence-electron chi connectivity index (χ2n) is 7.34. The van der Waals surface area contributed by atoms with Gasteiger partial charge in [-0.05, 0) is 46.7 Å². The first-order valence-electron chi connectivity index (χ1n) is 9.60. The lowest BCUT2D eigenvalue weighted by molar-refractivity contribution is -0.137. The molecule has 0 N–H and O–H groups in total. The molecule has 0 saturated carbocycles. The summed E-state index contributed by atoms with van der Waals surface area (Å²) in [6, 6.07) is 9.56. The monoisotopic (exact) mass is 399 g/mol. The Morgan fingerprint density at radius 3 is 2.54 bits per heavy atom. The van der Waals surface area contributed by atoms with Crippen molar-refractivity contribution in [1.82, 2.24) is 9.80 Å². The number of thiophene rings is 1. The number of benzene rings is 1. The number of carbonyl (C=O) groups is 2. The van der Waals surface area contributed by atoms with Crippen molar-refractivity contribution in [3.63, 3.8) is 0 Å². The highest BCUT2D eigenvalue weighted by atomic mass is 32.1. The van der Waals surface area contributed by atoms with Crippen LogP contribution in [0, 0.1) is 5.92 Å². The Bertz CT molecular complexity index is 814. The number of hydrogen-bond acceptors (Lipinski definition) is 5. The SMILES string of the molecule is COc1ccc(N2CC(C(=O)N3CCN(Cc4ccsc4)CC3)CC2=O)cc1. The molecule has 6 nitrogen and oxygen atoms in total. The van der Waals surface area contributed by atoms with E-state index in [9.17, 15) is 9.59 Å². The molecule has 4 rings (SSSR count). The number of nitrogens with zero attached hydrogens (tertiary/aromatic N) is 3. The molecule has 148 valence electrons. The lowest BCUT2D eigenvalue weighted by Gasteiger charge is -2.35. The quantitative estimate of drug-likeness (QED) is 0.775. The van der Waals surface area contributed by atoms with E-state index >= 15 is 0 Å². The van der Waals surface area contributed by atoms with Crippen LogP contribution < -0.4 is 9.64 Å². The van der Waals surface area contributed by atoms with Gasteiger partial charge in [0.15, 0.2) is 0 Å². The molecule has 3 heterocycles. The van der Waals surface area contributed by atoms with Gasteiger partial charge < -0.3 is 14.5 Å². The smallest absolute Gasteiger partial charge is 0.228 e. The van der Waals surface area contributed by atoms with Crippen LogP contribution >= 0.6 is 11.3 Å². The van der Waals surface area contributed by atoms with Crippen LogP contribution in [0.25, 0.3) is 0 Å². The van der Waals surface area contributed by atoms with Gasteiger partial charge in [0.25, 0.3) is 0 Å². The lowest BCUT2D eigenvalue weighted by atomic mass is 10.1. The third-order valence-corrected chi connectivity index (χ3v) is 6.26. The molecule has 2 aliphatic heterocycles. The molecule has 1 unspecified atom stereocenters. The Kier molecular flexibility index (Phi) is 5.64. The zero-order valence-electron chi connectivity index (χ0n) is 16.0. The molecule has 2 aliphatic rings. The number of anilines is 1. The van der Waals surface area contributed by atoms with Crippen LogP contribution in [0.5, 0.6) is 5.75 Å². The average Bonchev–Trinajstić information content (AvgIpc) is 3.38. The molecular formula is C21H25N3O3S. The summed E-state index contributed by atoms with van der Waals surface area (Å²) in [4.78, 5) is 31.5. The van der Waals surface area contributed by atoms with Crippen molar-refractivity contribution in [1.29, 1.82) is 0 Å². The van der Waals surface area contributed by atoms with E-state index < -0.39 is 0 Å². The average molecular weight is 400 g/mol. The lowest BCUT2D eigenvalue weighted by Crippen LogP contribution is -2.50. The number of carbonyl (C=O) groups excluding carboxylic acids is 2. The molecule has 2 aromatic rings. The Morgan fingerprint density at radius 2 is 1.89 bits per heavy atom. The van der Waals surface area contributed by atoms with Gasteiger partial charge >= 0.3 is 0 Å². The van der Waals surface area contributed by atoms with Crippen LogP contribution in [0.15, 0.2) is 41.1 Å². The van der Waals surface area contributed by atoms with Gasteiger partial charge in [-0.2, -0.15) is 11.3 Å². The number of piperazine rings is 1. The van der Waals surface area contributed by atoms with Crippen LogP contribution in [-0.2, 0) is 16.1 Å². The van der Waals surface area contributed by atoms with Crippen molar-refractivity contribution in [3.05, 3.63) is 46.7 Å². The van der Waals surface area contributed by atoms with E-state index in [1.165, 1.54) is 5.56 Å². The summed E-state index contributed by atoms with van der Waals surface area (Å²) < 4.78 is 5.17. The number of methoxy groups -OCH3 is 1. The third kappa shape index (κ3) is 4.05. The van der Waals surface area contributed by atoms with Crippen molar-refractivity contribution in [2.75, 3.05) is 44.7 Å². The minimum atomic E-state index is -0.252. The zero-order valence-corrected chi connectivity index (χ0v) is 16.9. The van der Waals surface area contributed by atoms with Crippen LogP contribution in [0.4, 0.5) is 5.69 Å². The van der Waals surface area contributed by atoms with Crippen molar-refractivity contribution in [3.8, 4) is 5.75 Å². The first-order valence-corrected chi connectivity index (χ1v) is 10.5. The van der Waals surface area contributed by atoms with Gasteiger partial charge in [0.05, 0.1) is 13.0 Å². The largest absolute Gasteiger partial charge is 0.497 e. The summed E-state index contributed by atoms with van der Waals surface area (Å²) in [6.45, 7) is 4.62. The van der Waals surface area contributed by atoms with Crippen LogP contribution in [0.1, 0.15) is 12.0 Å². The van der Waals surface area contributed by atoms with Gasteiger partial charge in [-0.15, -0.1) is 0 Å². The standard InChI is InChI=1S/C21H25N3O3S/c1-27-19-4-2-18(3-5-19)24-14-17(12-20(24)25)21(26)23-9-7-22(8-10-23)13-16-6-11-28-15-16/h2-6,11,15,17H,7-10,12-14H2,1H3. The first kappa shape index (κ1) is 19.0. The summed E-state index contributed by atoms with van der Waals surface area (Å²) in [5.41, 5.74) is 2.16. The van der Waals surface area contributed by atoms with Crippen molar-refractivity contribution in [2.24, 2.45) is 5.92 Å². The normalized spacial score (nSPS) is 20.6. The first-order chi connectivity index (χ1) is 13.6. The van der Waals surface area contributed by atoms with E-state index in [1.807, 2.05) is 29.2 Å². The molecule has 2 amide bonds. The Balaban J connectivity index is 1.32. The zero-order chi connectivity index (χ0) is 19.5. The summed E-state index contributed by atoms with van der Waals surface area (Å²) >= 11 is 1.72. The molecule has 2 saturated heterocycles. The molecule has 0 aliphatic carbocycles. The van der Waals surface area contributed by atoms with Gasteiger partial charge in [0.2, 0.25) is 11.8 Å². The van der Waals surface area contributed by atoms with Gasteiger partial charge in [-0.25, -0.2) is 0 Å². The van der Waals surface area contributed by atoms with E-state index in [0.717, 1.165) is 44.2 Å². The maximum absolute atomic E-state index is 13.0. The second-order valence-corrected chi connectivity index (χ2v) is 8.12. The van der Waals surface area contributed by atoms with E-state index in [1.54, 1.807) is 23.3 Å². The van der Waals surface area contributed by atoms with Crippen LogP contribution in [0.2, 0.25) is 0 Å². The molecule has 2 fully saturated rings. The van der Waals surface area contributed by atoms with Gasteiger partial charge in [-0.3, -0.25) is 14.5 Å². The molecule has 1 aromatic heterocycles. The van der Waals surface area contributed by atoms with Crippen molar-refractivity contribution in [2.45, 2.75) is 13.0 Å². The van der Waals surface area contributed by atoms with Crippen LogP contribution in [-0.4, -0.2) is 61.4 Å². The Labute approximate surface area is 169 Å². The highest BCUT2D eigenvalue weighted by molar-refractivity contribution is 7.07. The fourth-order valence-corrected chi connectivity index (χ4v) is 4.57. The summed E-state index contributed by atoms with van der Waals surface area (Å²) in [6.07, 6.45) is 0.292. The molecule has 0 spiro atoms. The van der Waals surface area contributed by atoms with Crippen molar-refractivity contribution < 1.29 is 14.3 Å². The highest BCUT2D eigenvalue weighted by Crippen LogP contribution is 2.28. The Morgan fingerprint density at radius 1 is 1.14 bits per heavy atom. The third-order valence-electron chi connectivity index (χ3n) is 5.53. The van der Waals surface area contributed by atoms with Gasteiger partial charge in [-0.1, -0.05) is 0 Å². The van der Waals surface area contributed by atoms with E-state index in [2.05, 4.69) is 21.7 Å². The van der Waals surface area contributed by atoms with Crippen LogP contribution in [0.3, 0.4) is 0 Å². The molecule has 7 heteroatoms. The maximum atomic E-state index is 13.0. The second kappa shape index (κ2) is 8.32. The van der Waals surface area contributed by atoms with E-state index in [4.69, 9.17) is 4.74 Å². The molecule has 28 heavy (non-hydrogen) atoms. The minimum absolute atomic E-state index is 0.0135. The molecule has 1 atom stereocenters. The minimum Gasteiger partial charge on any atom is -0.497 e. The predicted molar refractivity (Wildman–Crippen MR) is 110 cm³/mol. The number of ether oxygens (including phenoxy) is 1. The van der Waals surface area contributed by atoms with E-state index in [0.29, 0.717) is 13.0 Å².